The Bertz CT molecular complexity index is 1430. The number of piperidine rings is 1. The molecule has 4 rings (SSSR count). The van der Waals surface area contributed by atoms with Crippen LogP contribution in [0.5, 0.6) is 0 Å². The zero-order chi connectivity index (χ0) is 28.2. The highest BCUT2D eigenvalue weighted by Crippen LogP contribution is 2.30. The zero-order valence-electron chi connectivity index (χ0n) is 20.6. The van der Waals surface area contributed by atoms with Crippen LogP contribution in [0, 0.1) is 0 Å². The van der Waals surface area contributed by atoms with E-state index in [2.05, 4.69) is 10.3 Å². The van der Waals surface area contributed by atoms with Crippen molar-refractivity contribution in [3.05, 3.63) is 87.3 Å². The first kappa shape index (κ1) is 29.1. The van der Waals surface area contributed by atoms with Gasteiger partial charge in [-0.05, 0) is 67.8 Å². The first-order valence-corrected chi connectivity index (χ1v) is 14.7. The van der Waals surface area contributed by atoms with E-state index in [1.165, 1.54) is 27.8 Å². The van der Waals surface area contributed by atoms with Crippen molar-refractivity contribution in [2.75, 3.05) is 19.6 Å². The molecule has 2 heterocycles. The fourth-order valence-electron chi connectivity index (χ4n) is 4.07. The van der Waals surface area contributed by atoms with Gasteiger partial charge in [0.05, 0.1) is 11.6 Å². The molecule has 1 aromatic heterocycles. The van der Waals surface area contributed by atoms with Crippen molar-refractivity contribution in [1.82, 2.24) is 9.62 Å². The molecule has 0 atom stereocenters. The summed E-state index contributed by atoms with van der Waals surface area (Å²) in [5.74, 6) is -0.114. The van der Waals surface area contributed by atoms with Gasteiger partial charge < -0.3 is 11.1 Å². The van der Waals surface area contributed by atoms with Crippen molar-refractivity contribution in [3.8, 4) is 0 Å². The first-order valence-electron chi connectivity index (χ1n) is 12.1. The summed E-state index contributed by atoms with van der Waals surface area (Å²) in [5.41, 5.74) is 6.11. The topological polar surface area (TPSA) is 105 Å². The normalized spacial score (nSPS) is 15.8. The van der Waals surface area contributed by atoms with Gasteiger partial charge in [-0.15, -0.1) is 11.3 Å². The third kappa shape index (κ3) is 7.38. The Labute approximate surface area is 233 Å². The Hall–Kier alpha value is -2.93. The number of rotatable bonds is 8. The number of hydrogen-bond acceptors (Lipinski definition) is 5. The van der Waals surface area contributed by atoms with E-state index >= 15 is 0 Å². The van der Waals surface area contributed by atoms with Crippen LogP contribution in [0.2, 0.25) is 5.02 Å². The largest absolute Gasteiger partial charge is 0.416 e. The van der Waals surface area contributed by atoms with Gasteiger partial charge in [-0.2, -0.15) is 17.5 Å². The minimum atomic E-state index is -4.43. The summed E-state index contributed by atoms with van der Waals surface area (Å²) in [6.45, 7) is 0.855. The summed E-state index contributed by atoms with van der Waals surface area (Å²) in [4.78, 5) is 17.5. The van der Waals surface area contributed by atoms with Crippen LogP contribution in [0.1, 0.15) is 39.2 Å². The van der Waals surface area contributed by atoms with Crippen molar-refractivity contribution in [1.29, 1.82) is 0 Å². The predicted octanol–water partition coefficient (Wildman–Crippen LogP) is 4.95. The van der Waals surface area contributed by atoms with Crippen molar-refractivity contribution >= 4 is 44.7 Å². The summed E-state index contributed by atoms with van der Waals surface area (Å²) < 4.78 is 66.3. The Morgan fingerprint density at radius 3 is 2.26 bits per heavy atom. The van der Waals surface area contributed by atoms with Crippen LogP contribution in [-0.4, -0.2) is 50.1 Å². The van der Waals surface area contributed by atoms with Crippen LogP contribution in [0.3, 0.4) is 0 Å². The van der Waals surface area contributed by atoms with Crippen LogP contribution >= 0.6 is 22.9 Å². The molecule has 1 aliphatic heterocycles. The van der Waals surface area contributed by atoms with E-state index in [-0.39, 0.29) is 35.1 Å². The zero-order valence-corrected chi connectivity index (χ0v) is 23.0. The van der Waals surface area contributed by atoms with E-state index in [0.29, 0.717) is 42.0 Å². The van der Waals surface area contributed by atoms with Crippen LogP contribution in [0.15, 0.2) is 69.9 Å². The van der Waals surface area contributed by atoms with Gasteiger partial charge in [0.15, 0.2) is 0 Å². The molecule has 208 valence electrons. The minimum absolute atomic E-state index is 0.121. The molecule has 0 bridgehead atoms. The predicted molar refractivity (Wildman–Crippen MR) is 146 cm³/mol. The highest BCUT2D eigenvalue weighted by molar-refractivity contribution is 7.91. The van der Waals surface area contributed by atoms with E-state index in [4.69, 9.17) is 17.3 Å². The van der Waals surface area contributed by atoms with E-state index < -0.39 is 21.8 Å². The summed E-state index contributed by atoms with van der Waals surface area (Å²) in [7, 11) is -3.69. The number of carbonyl (C=O) groups is 1. The molecule has 0 unspecified atom stereocenters. The Kier molecular flexibility index (Phi) is 9.00. The molecular formula is C26H26ClF3N4O3S2. The van der Waals surface area contributed by atoms with E-state index in [0.717, 1.165) is 17.0 Å². The van der Waals surface area contributed by atoms with Gasteiger partial charge in [0.25, 0.3) is 15.9 Å². The number of nitrogens with two attached hydrogens (primary N) is 1. The average Bonchev–Trinajstić information content (AvgIpc) is 3.39. The molecule has 0 saturated carbocycles. The summed E-state index contributed by atoms with van der Waals surface area (Å²) in [6, 6.07) is 14.1. The maximum absolute atomic E-state index is 13.2. The smallest absolute Gasteiger partial charge is 0.383 e. The molecule has 39 heavy (non-hydrogen) atoms. The molecular weight excluding hydrogens is 573 g/mol. The Morgan fingerprint density at radius 1 is 1.03 bits per heavy atom. The van der Waals surface area contributed by atoms with Crippen molar-refractivity contribution in [3.63, 3.8) is 0 Å². The number of amidine groups is 1. The number of benzene rings is 2. The van der Waals surface area contributed by atoms with Gasteiger partial charge in [0, 0.05) is 40.7 Å². The van der Waals surface area contributed by atoms with Gasteiger partial charge in [0.1, 0.15) is 10.0 Å². The van der Waals surface area contributed by atoms with Gasteiger partial charge >= 0.3 is 6.18 Å². The fourth-order valence-corrected chi connectivity index (χ4v) is 7.18. The van der Waals surface area contributed by atoms with Crippen molar-refractivity contribution < 1.29 is 26.4 Å². The average molecular weight is 599 g/mol. The molecule has 1 aliphatic rings. The lowest BCUT2D eigenvalue weighted by atomic mass is 10.1. The van der Waals surface area contributed by atoms with Gasteiger partial charge in [-0.25, -0.2) is 8.42 Å². The molecule has 1 saturated heterocycles. The van der Waals surface area contributed by atoms with Crippen molar-refractivity contribution in [2.45, 2.75) is 35.7 Å². The lowest BCUT2D eigenvalue weighted by Gasteiger charge is -2.29. The third-order valence-corrected chi connectivity index (χ3v) is 10.0. The third-order valence-electron chi connectivity index (χ3n) is 6.25. The van der Waals surface area contributed by atoms with E-state index in [9.17, 15) is 26.4 Å². The van der Waals surface area contributed by atoms with Crippen molar-refractivity contribution in [2.24, 2.45) is 10.7 Å². The number of nitrogens with zero attached hydrogens (tertiary/aromatic N) is 2. The first-order chi connectivity index (χ1) is 18.4. The maximum Gasteiger partial charge on any atom is 0.416 e. The number of nitrogens with one attached hydrogen (secondary N) is 1. The van der Waals surface area contributed by atoms with Gasteiger partial charge in [-0.1, -0.05) is 23.7 Å². The number of carbonyl (C=O) groups excluding carboxylic acids is 1. The lowest BCUT2D eigenvalue weighted by Crippen LogP contribution is -2.39. The second-order valence-electron chi connectivity index (χ2n) is 8.96. The maximum atomic E-state index is 13.2. The van der Waals surface area contributed by atoms with E-state index in [1.807, 2.05) is 0 Å². The highest BCUT2D eigenvalue weighted by Gasteiger charge is 2.31. The number of sulfonamides is 1. The van der Waals surface area contributed by atoms with Crippen LogP contribution in [-0.2, 0) is 22.6 Å². The van der Waals surface area contributed by atoms with Crippen LogP contribution < -0.4 is 11.1 Å². The summed E-state index contributed by atoms with van der Waals surface area (Å²) in [5, 5.41) is 3.35. The van der Waals surface area contributed by atoms with Gasteiger partial charge in [-0.3, -0.25) is 9.79 Å². The summed E-state index contributed by atoms with van der Waals surface area (Å²) in [6.07, 6.45) is -3.06. The molecule has 3 N–H and O–H groups in total. The number of aliphatic imine (C=N–C) groups is 1. The van der Waals surface area contributed by atoms with Gasteiger partial charge in [0.2, 0.25) is 0 Å². The van der Waals surface area contributed by atoms with E-state index in [1.54, 1.807) is 36.4 Å². The molecule has 7 nitrogen and oxygen atoms in total. The second kappa shape index (κ2) is 12.1. The number of thiophene rings is 1. The fraction of sp³-hybridized carbons (Fsp3) is 0.308. The number of amides is 1. The van der Waals surface area contributed by atoms with Crippen LogP contribution in [0.25, 0.3) is 0 Å². The molecule has 0 radical (unpaired) electrons. The molecule has 0 aliphatic carbocycles. The standard InChI is InChI=1S/C26H26ClF3N4O3S2/c27-20-7-3-18(4-8-20)25(35)32-14-11-22-9-10-23(38-22)39(36,37)34-15-12-21(13-16-34)33-24(31)17-1-5-19(6-2-17)26(28,29)30/h1-10,21H,11-16H2,(H2,31,33)(H,32,35). The Balaban J connectivity index is 1.29. The molecule has 13 heteroatoms. The molecule has 1 amide bonds. The molecule has 2 aromatic carbocycles. The highest BCUT2D eigenvalue weighted by atomic mass is 35.5. The quantitative estimate of drug-likeness (QED) is 0.283. The molecule has 1 fully saturated rings. The second-order valence-corrected chi connectivity index (χ2v) is 12.7. The number of alkyl halides is 3. The number of halogens is 4. The molecule has 3 aromatic rings. The Morgan fingerprint density at radius 2 is 1.64 bits per heavy atom. The monoisotopic (exact) mass is 598 g/mol. The SMILES string of the molecule is NC(=NC1CCN(S(=O)(=O)c2ccc(CCNC(=O)c3ccc(Cl)cc3)s2)CC1)c1ccc(C(F)(F)F)cc1. The summed E-state index contributed by atoms with van der Waals surface area (Å²) >= 11 is 7.01. The minimum Gasteiger partial charge on any atom is -0.383 e. The van der Waals surface area contributed by atoms with Crippen LogP contribution in [0.4, 0.5) is 13.2 Å². The molecule has 0 spiro atoms. The number of hydrogen-bond donors (Lipinski definition) is 2. The lowest BCUT2D eigenvalue weighted by molar-refractivity contribution is -0.137.